The van der Waals surface area contributed by atoms with Crippen molar-refractivity contribution < 1.29 is 4.79 Å². The molecule has 0 aromatic carbocycles. The normalized spacial score (nSPS) is 27.9. The van der Waals surface area contributed by atoms with Crippen LogP contribution in [-0.2, 0) is 4.79 Å². The van der Waals surface area contributed by atoms with Gasteiger partial charge in [-0.25, -0.2) is 0 Å². The summed E-state index contributed by atoms with van der Waals surface area (Å²) in [6.07, 6.45) is 0.996. The van der Waals surface area contributed by atoms with Crippen LogP contribution in [-0.4, -0.2) is 68.1 Å². The molecule has 2 unspecified atom stereocenters. The van der Waals surface area contributed by atoms with Gasteiger partial charge in [-0.3, -0.25) is 9.69 Å². The van der Waals surface area contributed by atoms with Gasteiger partial charge in [-0.1, -0.05) is 0 Å². The first-order valence-corrected chi connectivity index (χ1v) is 5.94. The Kier molecular flexibility index (Phi) is 5.18. The highest BCUT2D eigenvalue weighted by atomic mass is 16.2. The van der Waals surface area contributed by atoms with E-state index in [-0.39, 0.29) is 11.9 Å². The van der Waals surface area contributed by atoms with Gasteiger partial charge in [0.05, 0.1) is 0 Å². The Balaban J connectivity index is 2.67. The fourth-order valence-corrected chi connectivity index (χ4v) is 2.08. The molecule has 5 nitrogen and oxygen atoms in total. The molecular weight excluding hydrogens is 204 g/mol. The summed E-state index contributed by atoms with van der Waals surface area (Å²) in [6, 6.07) is 0.241. The molecular formula is C11H24N4O. The summed E-state index contributed by atoms with van der Waals surface area (Å²) in [4.78, 5) is 16.2. The first-order chi connectivity index (χ1) is 7.56. The Morgan fingerprint density at radius 1 is 1.56 bits per heavy atom. The van der Waals surface area contributed by atoms with Crippen LogP contribution in [0.25, 0.3) is 0 Å². The number of likely N-dealkylation sites (N-methyl/N-ethyl adjacent to an activating group) is 1. The zero-order valence-electron chi connectivity index (χ0n) is 10.6. The second kappa shape index (κ2) is 6.18. The van der Waals surface area contributed by atoms with Gasteiger partial charge >= 0.3 is 0 Å². The molecule has 0 aromatic rings. The average molecular weight is 228 g/mol. The molecule has 2 atom stereocenters. The van der Waals surface area contributed by atoms with Crippen molar-refractivity contribution in [2.45, 2.75) is 25.4 Å². The lowest BCUT2D eigenvalue weighted by Gasteiger charge is -2.33. The minimum atomic E-state index is -0.169. The maximum absolute atomic E-state index is 11.8. The number of nitrogens with two attached hydrogens (primary N) is 1. The number of carbonyl (C=O) groups is 1. The molecule has 0 bridgehead atoms. The molecule has 0 saturated carbocycles. The largest absolute Gasteiger partial charge is 0.355 e. The quantitative estimate of drug-likeness (QED) is 0.654. The first-order valence-electron chi connectivity index (χ1n) is 5.94. The summed E-state index contributed by atoms with van der Waals surface area (Å²) < 4.78 is 0. The van der Waals surface area contributed by atoms with Crippen LogP contribution in [0.5, 0.6) is 0 Å². The molecule has 1 saturated heterocycles. The molecule has 16 heavy (non-hydrogen) atoms. The summed E-state index contributed by atoms with van der Waals surface area (Å²) in [5, 5.41) is 2.92. The van der Waals surface area contributed by atoms with Crippen LogP contribution in [0.2, 0.25) is 0 Å². The monoisotopic (exact) mass is 228 g/mol. The number of amides is 1. The topological polar surface area (TPSA) is 61.6 Å². The third kappa shape index (κ3) is 3.43. The number of nitrogens with one attached hydrogen (secondary N) is 1. The van der Waals surface area contributed by atoms with E-state index in [1.54, 1.807) is 0 Å². The van der Waals surface area contributed by atoms with Gasteiger partial charge in [0.2, 0.25) is 5.91 Å². The van der Waals surface area contributed by atoms with Gasteiger partial charge in [-0.15, -0.1) is 0 Å². The molecule has 1 heterocycles. The van der Waals surface area contributed by atoms with Gasteiger partial charge in [0, 0.05) is 32.2 Å². The minimum absolute atomic E-state index is 0.0746. The van der Waals surface area contributed by atoms with Gasteiger partial charge in [0.1, 0.15) is 6.04 Å². The lowest BCUT2D eigenvalue weighted by Crippen LogP contribution is -2.52. The van der Waals surface area contributed by atoms with Crippen LogP contribution in [0.15, 0.2) is 0 Å². The van der Waals surface area contributed by atoms with E-state index < -0.39 is 0 Å². The van der Waals surface area contributed by atoms with Crippen LogP contribution in [0.1, 0.15) is 13.3 Å². The van der Waals surface area contributed by atoms with Crippen molar-refractivity contribution in [1.29, 1.82) is 0 Å². The fraction of sp³-hybridized carbons (Fsp3) is 0.909. The van der Waals surface area contributed by atoms with E-state index in [0.717, 1.165) is 26.1 Å². The van der Waals surface area contributed by atoms with E-state index in [2.05, 4.69) is 22.0 Å². The maximum atomic E-state index is 11.8. The van der Waals surface area contributed by atoms with E-state index in [4.69, 9.17) is 5.73 Å². The fourth-order valence-electron chi connectivity index (χ4n) is 2.08. The summed E-state index contributed by atoms with van der Waals surface area (Å²) in [6.45, 7) is 5.16. The molecule has 5 heteroatoms. The van der Waals surface area contributed by atoms with Crippen molar-refractivity contribution in [2.24, 2.45) is 5.73 Å². The van der Waals surface area contributed by atoms with Crippen LogP contribution < -0.4 is 11.1 Å². The molecule has 1 amide bonds. The Morgan fingerprint density at radius 3 is 2.81 bits per heavy atom. The number of hydrogen-bond acceptors (Lipinski definition) is 4. The predicted molar refractivity (Wildman–Crippen MR) is 65.2 cm³/mol. The average Bonchev–Trinajstić information content (AvgIpc) is 2.35. The van der Waals surface area contributed by atoms with Crippen molar-refractivity contribution >= 4 is 5.91 Å². The number of hydrogen-bond donors (Lipinski definition) is 2. The Bertz CT molecular complexity index is 232. The van der Waals surface area contributed by atoms with Crippen LogP contribution in [0.4, 0.5) is 0 Å². The van der Waals surface area contributed by atoms with E-state index >= 15 is 0 Å². The van der Waals surface area contributed by atoms with E-state index in [1.165, 1.54) is 0 Å². The van der Waals surface area contributed by atoms with Crippen molar-refractivity contribution in [3.05, 3.63) is 0 Å². The standard InChI is InChI=1S/C11H24N4O/c1-9-4-5-13-11(16)10(8-12)15(9)7-6-14(2)3/h9-10H,4-8,12H2,1-3H3,(H,13,16). The molecule has 1 aliphatic heterocycles. The van der Waals surface area contributed by atoms with Crippen LogP contribution >= 0.6 is 0 Å². The Labute approximate surface area is 98.0 Å². The summed E-state index contributed by atoms with van der Waals surface area (Å²) in [5.74, 6) is 0.0746. The van der Waals surface area contributed by atoms with Crippen molar-refractivity contribution in [1.82, 2.24) is 15.1 Å². The van der Waals surface area contributed by atoms with E-state index in [9.17, 15) is 4.79 Å². The Morgan fingerprint density at radius 2 is 2.25 bits per heavy atom. The molecule has 1 aliphatic rings. The van der Waals surface area contributed by atoms with Crippen molar-refractivity contribution in [2.75, 3.05) is 40.3 Å². The molecule has 1 fully saturated rings. The second-order valence-corrected chi connectivity index (χ2v) is 4.72. The smallest absolute Gasteiger partial charge is 0.238 e. The van der Waals surface area contributed by atoms with Gasteiger partial charge in [0.15, 0.2) is 0 Å². The molecule has 3 N–H and O–H groups in total. The van der Waals surface area contributed by atoms with E-state index in [0.29, 0.717) is 12.6 Å². The molecule has 0 spiro atoms. The third-order valence-corrected chi connectivity index (χ3v) is 3.16. The SMILES string of the molecule is CC1CCNC(=O)C(CN)N1CCN(C)C. The highest BCUT2D eigenvalue weighted by Gasteiger charge is 2.30. The highest BCUT2D eigenvalue weighted by Crippen LogP contribution is 2.11. The van der Waals surface area contributed by atoms with Gasteiger partial charge in [-0.05, 0) is 27.4 Å². The van der Waals surface area contributed by atoms with E-state index in [1.807, 2.05) is 14.1 Å². The predicted octanol–water partition coefficient (Wildman–Crippen LogP) is -0.914. The zero-order valence-corrected chi connectivity index (χ0v) is 10.6. The summed E-state index contributed by atoms with van der Waals surface area (Å²) in [5.41, 5.74) is 5.71. The number of nitrogens with zero attached hydrogens (tertiary/aromatic N) is 2. The van der Waals surface area contributed by atoms with Gasteiger partial charge in [-0.2, -0.15) is 0 Å². The summed E-state index contributed by atoms with van der Waals surface area (Å²) in [7, 11) is 4.08. The van der Waals surface area contributed by atoms with Crippen molar-refractivity contribution in [3.8, 4) is 0 Å². The number of carbonyl (C=O) groups excluding carboxylic acids is 1. The number of rotatable bonds is 4. The molecule has 94 valence electrons. The van der Waals surface area contributed by atoms with Crippen LogP contribution in [0.3, 0.4) is 0 Å². The molecule has 0 aliphatic carbocycles. The minimum Gasteiger partial charge on any atom is -0.355 e. The van der Waals surface area contributed by atoms with Gasteiger partial charge in [0.25, 0.3) is 0 Å². The maximum Gasteiger partial charge on any atom is 0.238 e. The van der Waals surface area contributed by atoms with Crippen LogP contribution in [0, 0.1) is 0 Å². The Hall–Kier alpha value is -0.650. The summed E-state index contributed by atoms with van der Waals surface area (Å²) >= 11 is 0. The first kappa shape index (κ1) is 13.4. The molecule has 1 rings (SSSR count). The van der Waals surface area contributed by atoms with Gasteiger partial charge < -0.3 is 16.0 Å². The zero-order chi connectivity index (χ0) is 12.1. The lowest BCUT2D eigenvalue weighted by atomic mass is 10.1. The molecule has 0 aromatic heterocycles. The third-order valence-electron chi connectivity index (χ3n) is 3.16. The lowest BCUT2D eigenvalue weighted by molar-refractivity contribution is -0.125. The molecule has 0 radical (unpaired) electrons. The second-order valence-electron chi connectivity index (χ2n) is 4.72. The highest BCUT2D eigenvalue weighted by molar-refractivity contribution is 5.82. The van der Waals surface area contributed by atoms with Crippen molar-refractivity contribution in [3.63, 3.8) is 0 Å².